The van der Waals surface area contributed by atoms with Crippen molar-refractivity contribution in [2.75, 3.05) is 36.9 Å². The molecule has 1 heterocycles. The number of anilines is 2. The van der Waals surface area contributed by atoms with Gasteiger partial charge in [-0.1, -0.05) is 6.92 Å². The number of aliphatic hydroxyl groups excluding tert-OH is 2. The minimum absolute atomic E-state index is 0.0331. The number of aliphatic hydroxyl groups is 2. The fourth-order valence-electron chi connectivity index (χ4n) is 2.31. The van der Waals surface area contributed by atoms with Crippen molar-refractivity contribution in [3.05, 3.63) is 36.3 Å². The molecule has 2 aromatic rings. The summed E-state index contributed by atoms with van der Waals surface area (Å²) in [6.45, 7) is 3.04. The second-order valence-corrected chi connectivity index (χ2v) is 4.86. The van der Waals surface area contributed by atoms with E-state index in [0.29, 0.717) is 18.8 Å². The predicted molar refractivity (Wildman–Crippen MR) is 84.3 cm³/mol. The van der Waals surface area contributed by atoms with Crippen LogP contribution in [-0.2, 0) is 6.42 Å². The number of hydrogen-bond acceptors (Lipinski definition) is 5. The first-order valence-corrected chi connectivity index (χ1v) is 7.13. The number of hydrogen-bond donors (Lipinski definition) is 3. The number of furan rings is 1. The van der Waals surface area contributed by atoms with E-state index in [9.17, 15) is 0 Å². The van der Waals surface area contributed by atoms with Crippen LogP contribution < -0.4 is 10.6 Å². The molecule has 0 amide bonds. The van der Waals surface area contributed by atoms with Crippen LogP contribution in [0.15, 0.2) is 34.9 Å². The van der Waals surface area contributed by atoms with E-state index < -0.39 is 0 Å². The lowest BCUT2D eigenvalue weighted by Gasteiger charge is -2.23. The summed E-state index contributed by atoms with van der Waals surface area (Å²) < 4.78 is 5.47. The molecule has 0 atom stereocenters. The highest BCUT2D eigenvalue weighted by atomic mass is 16.3. The third-order valence-electron chi connectivity index (χ3n) is 3.46. The smallest absolute Gasteiger partial charge is 0.104 e. The van der Waals surface area contributed by atoms with Gasteiger partial charge in [0.2, 0.25) is 0 Å². The Labute approximate surface area is 124 Å². The van der Waals surface area contributed by atoms with E-state index in [1.165, 1.54) is 0 Å². The van der Waals surface area contributed by atoms with Gasteiger partial charge in [-0.15, -0.1) is 0 Å². The summed E-state index contributed by atoms with van der Waals surface area (Å²) in [6, 6.07) is 7.68. The zero-order valence-electron chi connectivity index (χ0n) is 12.2. The SMILES string of the molecule is CCc1cc(-c2cc(N(CCO)CCO)ccc2N)co1. The Kier molecular flexibility index (Phi) is 5.25. The molecule has 0 radical (unpaired) electrons. The minimum atomic E-state index is 0.0331. The van der Waals surface area contributed by atoms with Gasteiger partial charge in [-0.05, 0) is 24.3 Å². The largest absolute Gasteiger partial charge is 0.469 e. The number of nitrogens with two attached hydrogens (primary N) is 1. The Bertz CT molecular complexity index is 575. The van der Waals surface area contributed by atoms with Crippen molar-refractivity contribution in [2.24, 2.45) is 0 Å². The summed E-state index contributed by atoms with van der Waals surface area (Å²) in [4.78, 5) is 1.92. The fourth-order valence-corrected chi connectivity index (χ4v) is 2.31. The van der Waals surface area contributed by atoms with Gasteiger partial charge in [0.1, 0.15) is 5.76 Å². The Morgan fingerprint density at radius 3 is 2.43 bits per heavy atom. The average molecular weight is 290 g/mol. The van der Waals surface area contributed by atoms with Crippen LogP contribution in [0.3, 0.4) is 0 Å². The first-order valence-electron chi connectivity index (χ1n) is 7.13. The van der Waals surface area contributed by atoms with Gasteiger partial charge in [0.15, 0.2) is 0 Å². The Hall–Kier alpha value is -1.98. The lowest BCUT2D eigenvalue weighted by atomic mass is 10.0. The Balaban J connectivity index is 2.35. The van der Waals surface area contributed by atoms with E-state index in [-0.39, 0.29) is 13.2 Å². The highest BCUT2D eigenvalue weighted by molar-refractivity contribution is 5.79. The van der Waals surface area contributed by atoms with Gasteiger partial charge in [-0.25, -0.2) is 0 Å². The second kappa shape index (κ2) is 7.15. The Morgan fingerprint density at radius 1 is 1.14 bits per heavy atom. The lowest BCUT2D eigenvalue weighted by molar-refractivity contribution is 0.281. The van der Waals surface area contributed by atoms with Crippen molar-refractivity contribution in [3.63, 3.8) is 0 Å². The predicted octanol–water partition coefficient (Wildman–Crippen LogP) is 1.88. The summed E-state index contributed by atoms with van der Waals surface area (Å²) in [5, 5.41) is 18.3. The van der Waals surface area contributed by atoms with E-state index in [1.807, 2.05) is 36.1 Å². The highest BCUT2D eigenvalue weighted by Crippen LogP contribution is 2.31. The van der Waals surface area contributed by atoms with Crippen LogP contribution in [0, 0.1) is 0 Å². The number of nitrogens with zero attached hydrogens (tertiary/aromatic N) is 1. The van der Waals surface area contributed by atoms with E-state index >= 15 is 0 Å². The first kappa shape index (κ1) is 15.4. The summed E-state index contributed by atoms with van der Waals surface area (Å²) in [7, 11) is 0. The van der Waals surface area contributed by atoms with Gasteiger partial charge in [-0.3, -0.25) is 0 Å². The van der Waals surface area contributed by atoms with Crippen LogP contribution in [0.25, 0.3) is 11.1 Å². The van der Waals surface area contributed by atoms with Crippen molar-refractivity contribution < 1.29 is 14.6 Å². The molecule has 1 aromatic carbocycles. The summed E-state index contributed by atoms with van der Waals surface area (Å²) >= 11 is 0. The van der Waals surface area contributed by atoms with Crippen molar-refractivity contribution in [1.29, 1.82) is 0 Å². The topological polar surface area (TPSA) is 82.9 Å². The molecule has 1 aromatic heterocycles. The lowest BCUT2D eigenvalue weighted by Crippen LogP contribution is -2.29. The molecular weight excluding hydrogens is 268 g/mol. The summed E-state index contributed by atoms with van der Waals surface area (Å²) in [5.74, 6) is 0.914. The molecule has 0 fully saturated rings. The molecule has 0 saturated carbocycles. The average Bonchev–Trinajstić information content (AvgIpc) is 2.96. The van der Waals surface area contributed by atoms with Gasteiger partial charge in [0, 0.05) is 42.0 Å². The minimum Gasteiger partial charge on any atom is -0.469 e. The summed E-state index contributed by atoms with van der Waals surface area (Å²) in [5.41, 5.74) is 9.50. The quantitative estimate of drug-likeness (QED) is 0.678. The van der Waals surface area contributed by atoms with Crippen molar-refractivity contribution in [3.8, 4) is 11.1 Å². The number of aryl methyl sites for hydroxylation is 1. The zero-order chi connectivity index (χ0) is 15.2. The number of nitrogen functional groups attached to an aromatic ring is 1. The molecule has 5 heteroatoms. The molecule has 114 valence electrons. The van der Waals surface area contributed by atoms with Gasteiger partial charge >= 0.3 is 0 Å². The zero-order valence-corrected chi connectivity index (χ0v) is 12.2. The van der Waals surface area contributed by atoms with Gasteiger partial charge in [-0.2, -0.15) is 0 Å². The van der Waals surface area contributed by atoms with E-state index in [4.69, 9.17) is 20.4 Å². The highest BCUT2D eigenvalue weighted by Gasteiger charge is 2.11. The van der Waals surface area contributed by atoms with Crippen molar-refractivity contribution in [2.45, 2.75) is 13.3 Å². The summed E-state index contributed by atoms with van der Waals surface area (Å²) in [6.07, 6.45) is 2.54. The van der Waals surface area contributed by atoms with E-state index in [2.05, 4.69) is 0 Å². The van der Waals surface area contributed by atoms with Crippen LogP contribution in [0.2, 0.25) is 0 Å². The molecule has 2 rings (SSSR count). The van der Waals surface area contributed by atoms with Crippen molar-refractivity contribution in [1.82, 2.24) is 0 Å². The maximum Gasteiger partial charge on any atom is 0.104 e. The van der Waals surface area contributed by atoms with Crippen LogP contribution in [0.1, 0.15) is 12.7 Å². The molecule has 21 heavy (non-hydrogen) atoms. The molecule has 0 spiro atoms. The second-order valence-electron chi connectivity index (χ2n) is 4.86. The van der Waals surface area contributed by atoms with Crippen LogP contribution in [-0.4, -0.2) is 36.5 Å². The van der Waals surface area contributed by atoms with Crippen LogP contribution >= 0.6 is 0 Å². The molecule has 0 aliphatic rings. The molecular formula is C16H22N2O3. The first-order chi connectivity index (χ1) is 10.2. The molecule has 0 unspecified atom stereocenters. The molecule has 0 bridgehead atoms. The van der Waals surface area contributed by atoms with Crippen LogP contribution in [0.5, 0.6) is 0 Å². The normalized spacial score (nSPS) is 10.8. The Morgan fingerprint density at radius 2 is 1.86 bits per heavy atom. The third-order valence-corrected chi connectivity index (χ3v) is 3.46. The van der Waals surface area contributed by atoms with Crippen LogP contribution in [0.4, 0.5) is 11.4 Å². The van der Waals surface area contributed by atoms with E-state index in [1.54, 1.807) is 6.26 Å². The van der Waals surface area contributed by atoms with Crippen molar-refractivity contribution >= 4 is 11.4 Å². The number of rotatable bonds is 7. The molecule has 5 nitrogen and oxygen atoms in total. The molecule has 0 saturated heterocycles. The van der Waals surface area contributed by atoms with E-state index in [0.717, 1.165) is 29.0 Å². The maximum absolute atomic E-state index is 9.14. The number of benzene rings is 1. The maximum atomic E-state index is 9.14. The van der Waals surface area contributed by atoms with Gasteiger partial charge < -0.3 is 25.3 Å². The fraction of sp³-hybridized carbons (Fsp3) is 0.375. The van der Waals surface area contributed by atoms with Gasteiger partial charge in [0.05, 0.1) is 19.5 Å². The van der Waals surface area contributed by atoms with Gasteiger partial charge in [0.25, 0.3) is 0 Å². The standard InChI is InChI=1S/C16H22N2O3/c1-2-14-9-12(11-21-14)15-10-13(3-4-16(15)17)18(5-7-19)6-8-20/h3-4,9-11,19-20H,2,5-8,17H2,1H3. The molecule has 4 N–H and O–H groups in total. The third kappa shape index (κ3) is 3.56. The monoisotopic (exact) mass is 290 g/mol. The molecule has 0 aliphatic heterocycles. The molecule has 0 aliphatic carbocycles.